The quantitative estimate of drug-likeness (QED) is 0.868. The Hall–Kier alpha value is -1.88. The lowest BCUT2D eigenvalue weighted by Gasteiger charge is -2.34. The molecule has 5 heteroatoms. The van der Waals surface area contributed by atoms with E-state index in [-0.39, 0.29) is 11.8 Å². The molecular weight excluding hydrogens is 268 g/mol. The van der Waals surface area contributed by atoms with Crippen LogP contribution in [0.4, 0.5) is 5.69 Å². The molecule has 0 aliphatic carbocycles. The van der Waals surface area contributed by atoms with Crippen molar-refractivity contribution in [1.29, 1.82) is 0 Å². The van der Waals surface area contributed by atoms with Crippen molar-refractivity contribution in [2.45, 2.75) is 25.7 Å². The summed E-state index contributed by atoms with van der Waals surface area (Å²) in [4.78, 5) is 25.9. The third-order valence-corrected chi connectivity index (χ3v) is 4.39. The average Bonchev–Trinajstić information content (AvgIpc) is 2.53. The highest BCUT2D eigenvalue weighted by molar-refractivity contribution is 5.99. The number of anilines is 1. The summed E-state index contributed by atoms with van der Waals surface area (Å²) in [6.07, 6.45) is 3.48. The molecule has 2 N–H and O–H groups in total. The highest BCUT2D eigenvalue weighted by atomic mass is 16.4. The molecule has 0 saturated carbocycles. The van der Waals surface area contributed by atoms with Gasteiger partial charge in [0, 0.05) is 18.8 Å². The number of amides is 1. The van der Waals surface area contributed by atoms with E-state index in [0.717, 1.165) is 50.0 Å². The Kier molecular flexibility index (Phi) is 3.92. The lowest BCUT2D eigenvalue weighted by molar-refractivity contribution is -0.123. The molecule has 1 fully saturated rings. The van der Waals surface area contributed by atoms with Crippen molar-refractivity contribution in [3.8, 4) is 0 Å². The van der Waals surface area contributed by atoms with E-state index in [1.54, 1.807) is 17.0 Å². The van der Waals surface area contributed by atoms with Crippen LogP contribution in [0.3, 0.4) is 0 Å². The van der Waals surface area contributed by atoms with Crippen molar-refractivity contribution in [2.24, 2.45) is 5.92 Å². The summed E-state index contributed by atoms with van der Waals surface area (Å²) in [6, 6.07) is 5.22. The molecule has 3 rings (SSSR count). The van der Waals surface area contributed by atoms with E-state index in [4.69, 9.17) is 0 Å². The second-order valence-corrected chi connectivity index (χ2v) is 5.75. The van der Waals surface area contributed by atoms with E-state index in [1.807, 2.05) is 6.07 Å². The molecule has 0 radical (unpaired) electrons. The molecule has 1 atom stereocenters. The number of carboxylic acids is 1. The van der Waals surface area contributed by atoms with Gasteiger partial charge in [-0.1, -0.05) is 6.07 Å². The molecule has 21 heavy (non-hydrogen) atoms. The van der Waals surface area contributed by atoms with E-state index in [0.29, 0.717) is 12.1 Å². The van der Waals surface area contributed by atoms with Crippen LogP contribution in [0, 0.1) is 5.92 Å². The van der Waals surface area contributed by atoms with Gasteiger partial charge in [-0.15, -0.1) is 0 Å². The molecule has 5 nitrogen and oxygen atoms in total. The van der Waals surface area contributed by atoms with Crippen LogP contribution < -0.4 is 10.2 Å². The minimum atomic E-state index is -0.916. The molecule has 0 spiro atoms. The highest BCUT2D eigenvalue weighted by Crippen LogP contribution is 2.31. The smallest absolute Gasteiger partial charge is 0.336 e. The number of nitrogens with zero attached hydrogens (tertiary/aromatic N) is 1. The summed E-state index contributed by atoms with van der Waals surface area (Å²) in [6.45, 7) is 2.39. The minimum absolute atomic E-state index is 0.0122. The van der Waals surface area contributed by atoms with E-state index < -0.39 is 5.97 Å². The number of carbonyl (C=O) groups is 2. The maximum Gasteiger partial charge on any atom is 0.336 e. The highest BCUT2D eigenvalue weighted by Gasteiger charge is 2.31. The maximum atomic E-state index is 12.7. The van der Waals surface area contributed by atoms with Gasteiger partial charge in [-0.3, -0.25) is 4.79 Å². The number of hydrogen-bond acceptors (Lipinski definition) is 3. The van der Waals surface area contributed by atoms with Gasteiger partial charge in [0.1, 0.15) is 0 Å². The molecular formula is C16H20N2O3. The van der Waals surface area contributed by atoms with Crippen molar-refractivity contribution in [2.75, 3.05) is 24.5 Å². The van der Waals surface area contributed by atoms with Crippen LogP contribution in [0.5, 0.6) is 0 Å². The fraction of sp³-hybridized carbons (Fsp3) is 0.500. The number of hydrogen-bond donors (Lipinski definition) is 2. The standard InChI is InChI=1S/C16H20N2O3/c19-15(11-4-2-8-17-10-11)18-9-3-6-12-13(16(20)21)5-1-7-14(12)18/h1,5,7,11,17H,2-4,6,8-10H2,(H,20,21)/t11-/m0/s1. The molecule has 2 heterocycles. The van der Waals surface area contributed by atoms with Crippen LogP contribution in [0.25, 0.3) is 0 Å². The first-order valence-electron chi connectivity index (χ1n) is 7.56. The zero-order chi connectivity index (χ0) is 14.8. The summed E-state index contributed by atoms with van der Waals surface area (Å²) in [5.74, 6) is -0.774. The SMILES string of the molecule is O=C(O)c1cccc2c1CCCN2C(=O)[C@H]1CCCNC1. The van der Waals surface area contributed by atoms with E-state index in [1.165, 1.54) is 0 Å². The normalized spacial score (nSPS) is 21.7. The van der Waals surface area contributed by atoms with E-state index in [2.05, 4.69) is 5.32 Å². The zero-order valence-corrected chi connectivity index (χ0v) is 12.0. The lowest BCUT2D eigenvalue weighted by Crippen LogP contribution is -2.45. The Balaban J connectivity index is 1.91. The first kappa shape index (κ1) is 14.1. The van der Waals surface area contributed by atoms with Crippen molar-refractivity contribution in [1.82, 2.24) is 5.32 Å². The van der Waals surface area contributed by atoms with E-state index in [9.17, 15) is 14.7 Å². The number of fused-ring (bicyclic) bond motifs is 1. The second kappa shape index (κ2) is 5.85. The Morgan fingerprint density at radius 3 is 2.86 bits per heavy atom. The Bertz CT molecular complexity index is 565. The third-order valence-electron chi connectivity index (χ3n) is 4.39. The minimum Gasteiger partial charge on any atom is -0.478 e. The summed E-state index contributed by atoms with van der Waals surface area (Å²) in [7, 11) is 0. The molecule has 0 bridgehead atoms. The van der Waals surface area contributed by atoms with Gasteiger partial charge in [-0.05, 0) is 49.9 Å². The van der Waals surface area contributed by atoms with E-state index >= 15 is 0 Å². The Labute approximate surface area is 123 Å². The van der Waals surface area contributed by atoms with Crippen molar-refractivity contribution >= 4 is 17.6 Å². The molecule has 2 aliphatic heterocycles. The molecule has 2 aliphatic rings. The van der Waals surface area contributed by atoms with Crippen molar-refractivity contribution in [3.63, 3.8) is 0 Å². The fourth-order valence-corrected chi connectivity index (χ4v) is 3.34. The first-order valence-corrected chi connectivity index (χ1v) is 7.56. The van der Waals surface area contributed by atoms with Gasteiger partial charge in [0.05, 0.1) is 11.5 Å². The fourth-order valence-electron chi connectivity index (χ4n) is 3.34. The van der Waals surface area contributed by atoms with Gasteiger partial charge in [0.25, 0.3) is 0 Å². The average molecular weight is 288 g/mol. The molecule has 1 aromatic rings. The predicted octanol–water partition coefficient (Wildman–Crippen LogP) is 1.66. The van der Waals surface area contributed by atoms with Crippen molar-refractivity contribution in [3.05, 3.63) is 29.3 Å². The van der Waals surface area contributed by atoms with Gasteiger partial charge < -0.3 is 15.3 Å². The third kappa shape index (κ3) is 2.65. The number of carbonyl (C=O) groups excluding carboxylic acids is 1. The molecule has 0 unspecified atom stereocenters. The van der Waals surface area contributed by atoms with Gasteiger partial charge in [-0.2, -0.15) is 0 Å². The topological polar surface area (TPSA) is 69.6 Å². The molecule has 1 aromatic carbocycles. The number of nitrogens with one attached hydrogen (secondary N) is 1. The second-order valence-electron chi connectivity index (χ2n) is 5.75. The number of piperidine rings is 1. The largest absolute Gasteiger partial charge is 0.478 e. The summed E-state index contributed by atoms with van der Waals surface area (Å²) in [5.41, 5.74) is 1.91. The molecule has 1 amide bonds. The van der Waals surface area contributed by atoms with Crippen LogP contribution in [-0.2, 0) is 11.2 Å². The number of aromatic carboxylic acids is 1. The maximum absolute atomic E-state index is 12.7. The first-order chi connectivity index (χ1) is 10.2. The molecule has 0 aromatic heterocycles. The molecule has 112 valence electrons. The van der Waals surface area contributed by atoms with Gasteiger partial charge in [0.2, 0.25) is 5.91 Å². The van der Waals surface area contributed by atoms with Gasteiger partial charge >= 0.3 is 5.97 Å². The summed E-state index contributed by atoms with van der Waals surface area (Å²) < 4.78 is 0. The van der Waals surface area contributed by atoms with Gasteiger partial charge in [-0.25, -0.2) is 4.79 Å². The van der Waals surface area contributed by atoms with Crippen LogP contribution >= 0.6 is 0 Å². The Morgan fingerprint density at radius 1 is 1.29 bits per heavy atom. The summed E-state index contributed by atoms with van der Waals surface area (Å²) >= 11 is 0. The lowest BCUT2D eigenvalue weighted by atomic mass is 9.93. The predicted molar refractivity (Wildman–Crippen MR) is 79.7 cm³/mol. The summed E-state index contributed by atoms with van der Waals surface area (Å²) in [5, 5.41) is 12.6. The Morgan fingerprint density at radius 2 is 2.14 bits per heavy atom. The number of rotatable bonds is 2. The van der Waals surface area contributed by atoms with Crippen LogP contribution in [0.1, 0.15) is 35.2 Å². The van der Waals surface area contributed by atoms with Crippen molar-refractivity contribution < 1.29 is 14.7 Å². The number of carboxylic acid groups (broad SMARTS) is 1. The van der Waals surface area contributed by atoms with Crippen LogP contribution in [0.2, 0.25) is 0 Å². The number of benzene rings is 1. The molecule has 1 saturated heterocycles. The monoisotopic (exact) mass is 288 g/mol. The van der Waals surface area contributed by atoms with Crippen LogP contribution in [-0.4, -0.2) is 36.6 Å². The van der Waals surface area contributed by atoms with Crippen LogP contribution in [0.15, 0.2) is 18.2 Å². The van der Waals surface area contributed by atoms with Gasteiger partial charge in [0.15, 0.2) is 0 Å². The zero-order valence-electron chi connectivity index (χ0n) is 12.0.